The number of halogens is 2. The van der Waals surface area contributed by atoms with E-state index < -0.39 is 28.9 Å². The Hall–Kier alpha value is -2.77. The van der Waals surface area contributed by atoms with Gasteiger partial charge in [0.15, 0.2) is 0 Å². The van der Waals surface area contributed by atoms with Crippen molar-refractivity contribution in [2.45, 2.75) is 13.3 Å². The first kappa shape index (κ1) is 17.1. The molecule has 6 nitrogen and oxygen atoms in total. The standard InChI is InChI=1S/C17H17F2N3O3/c1-17(16(24)25)5-6-22(9-17)15(23)12-8-21(2)20-14(12)11-4-3-10(18)7-13(11)19/h3-4,7-8H,5-6,9H2,1-2H3,(H,24,25)/t17-/m0/s1. The molecular formula is C17H17F2N3O3. The monoisotopic (exact) mass is 349 g/mol. The zero-order valence-corrected chi connectivity index (χ0v) is 13.8. The third-order valence-corrected chi connectivity index (χ3v) is 4.52. The number of nitrogens with zero attached hydrogens (tertiary/aromatic N) is 3. The Morgan fingerprint density at radius 1 is 1.32 bits per heavy atom. The molecule has 1 atom stereocenters. The Bertz CT molecular complexity index is 865. The SMILES string of the molecule is Cn1cc(C(=O)N2CC[C@](C)(C(=O)O)C2)c(-c2ccc(F)cc2F)n1. The Balaban J connectivity index is 1.96. The topological polar surface area (TPSA) is 75.4 Å². The summed E-state index contributed by atoms with van der Waals surface area (Å²) in [5.74, 6) is -2.91. The fourth-order valence-corrected chi connectivity index (χ4v) is 3.00. The average molecular weight is 349 g/mol. The molecule has 1 aliphatic heterocycles. The Morgan fingerprint density at radius 2 is 2.04 bits per heavy atom. The molecule has 1 fully saturated rings. The third kappa shape index (κ3) is 2.99. The summed E-state index contributed by atoms with van der Waals surface area (Å²) in [6, 6.07) is 3.06. The molecule has 0 aliphatic carbocycles. The van der Waals surface area contributed by atoms with Gasteiger partial charge in [-0.3, -0.25) is 14.3 Å². The maximum Gasteiger partial charge on any atom is 0.311 e. The number of hydrogen-bond acceptors (Lipinski definition) is 3. The lowest BCUT2D eigenvalue weighted by Crippen LogP contribution is -2.35. The van der Waals surface area contributed by atoms with Crippen LogP contribution in [0.1, 0.15) is 23.7 Å². The Morgan fingerprint density at radius 3 is 2.64 bits per heavy atom. The summed E-state index contributed by atoms with van der Waals surface area (Å²) in [5, 5.41) is 13.4. The van der Waals surface area contributed by atoms with Gasteiger partial charge >= 0.3 is 5.97 Å². The van der Waals surface area contributed by atoms with E-state index in [1.807, 2.05) is 0 Å². The fraction of sp³-hybridized carbons (Fsp3) is 0.353. The van der Waals surface area contributed by atoms with Gasteiger partial charge in [0.2, 0.25) is 0 Å². The molecule has 132 valence electrons. The first-order valence-electron chi connectivity index (χ1n) is 7.73. The maximum absolute atomic E-state index is 14.1. The van der Waals surface area contributed by atoms with Crippen LogP contribution in [0.25, 0.3) is 11.3 Å². The average Bonchev–Trinajstić information content (AvgIpc) is 3.11. The highest BCUT2D eigenvalue weighted by molar-refractivity contribution is 6.00. The van der Waals surface area contributed by atoms with Gasteiger partial charge in [-0.2, -0.15) is 5.10 Å². The van der Waals surface area contributed by atoms with Crippen LogP contribution < -0.4 is 0 Å². The summed E-state index contributed by atoms with van der Waals surface area (Å²) in [5.41, 5.74) is -0.721. The van der Waals surface area contributed by atoms with Crippen LogP contribution >= 0.6 is 0 Å². The maximum atomic E-state index is 14.1. The third-order valence-electron chi connectivity index (χ3n) is 4.52. The molecular weight excluding hydrogens is 332 g/mol. The molecule has 3 rings (SSSR count). The van der Waals surface area contributed by atoms with Crippen LogP contribution in [0.15, 0.2) is 24.4 Å². The molecule has 1 aliphatic rings. The lowest BCUT2D eigenvalue weighted by molar-refractivity contribution is -0.147. The Labute approximate surface area is 142 Å². The molecule has 0 unspecified atom stereocenters. The van der Waals surface area contributed by atoms with Crippen LogP contribution in [0.4, 0.5) is 8.78 Å². The van der Waals surface area contributed by atoms with Crippen molar-refractivity contribution in [3.63, 3.8) is 0 Å². The molecule has 1 amide bonds. The van der Waals surface area contributed by atoms with Gasteiger partial charge in [0.1, 0.15) is 17.3 Å². The molecule has 2 aromatic rings. The summed E-state index contributed by atoms with van der Waals surface area (Å²) < 4.78 is 28.6. The van der Waals surface area contributed by atoms with Crippen molar-refractivity contribution in [1.29, 1.82) is 0 Å². The number of carboxylic acid groups (broad SMARTS) is 1. The lowest BCUT2D eigenvalue weighted by atomic mass is 9.90. The number of likely N-dealkylation sites (tertiary alicyclic amines) is 1. The van der Waals surface area contributed by atoms with E-state index in [1.165, 1.54) is 21.8 Å². The number of rotatable bonds is 3. The Kier molecular flexibility index (Phi) is 4.06. The van der Waals surface area contributed by atoms with E-state index in [9.17, 15) is 23.5 Å². The van der Waals surface area contributed by atoms with E-state index >= 15 is 0 Å². The summed E-state index contributed by atoms with van der Waals surface area (Å²) in [4.78, 5) is 25.6. The predicted molar refractivity (Wildman–Crippen MR) is 84.8 cm³/mol. The second kappa shape index (κ2) is 5.94. The number of hydrogen-bond donors (Lipinski definition) is 1. The van der Waals surface area contributed by atoms with E-state index in [-0.39, 0.29) is 23.4 Å². The highest BCUT2D eigenvalue weighted by Crippen LogP contribution is 2.33. The predicted octanol–water partition coefficient (Wildman–Crippen LogP) is 2.30. The second-order valence-corrected chi connectivity index (χ2v) is 6.53. The van der Waals surface area contributed by atoms with Gasteiger partial charge in [0.25, 0.3) is 5.91 Å². The van der Waals surface area contributed by atoms with Crippen molar-refractivity contribution in [1.82, 2.24) is 14.7 Å². The number of aliphatic carboxylic acids is 1. The molecule has 0 bridgehead atoms. The van der Waals surface area contributed by atoms with Gasteiger partial charge in [-0.05, 0) is 25.5 Å². The van der Waals surface area contributed by atoms with Crippen molar-refractivity contribution in [3.05, 3.63) is 41.6 Å². The van der Waals surface area contributed by atoms with E-state index in [1.54, 1.807) is 14.0 Å². The first-order chi connectivity index (χ1) is 11.7. The van der Waals surface area contributed by atoms with E-state index in [0.29, 0.717) is 13.0 Å². The summed E-state index contributed by atoms with van der Waals surface area (Å²) in [7, 11) is 1.59. The van der Waals surface area contributed by atoms with Gasteiger partial charge in [-0.25, -0.2) is 8.78 Å². The molecule has 1 aromatic heterocycles. The minimum absolute atomic E-state index is 0.0190. The van der Waals surface area contributed by atoms with E-state index in [2.05, 4.69) is 5.10 Å². The van der Waals surface area contributed by atoms with Gasteiger partial charge in [-0.15, -0.1) is 0 Å². The van der Waals surface area contributed by atoms with Crippen molar-refractivity contribution >= 4 is 11.9 Å². The summed E-state index contributed by atoms with van der Waals surface area (Å²) >= 11 is 0. The number of aromatic nitrogens is 2. The van der Waals surface area contributed by atoms with Crippen molar-refractivity contribution < 1.29 is 23.5 Å². The van der Waals surface area contributed by atoms with Crippen molar-refractivity contribution in [2.75, 3.05) is 13.1 Å². The summed E-state index contributed by atoms with van der Waals surface area (Å²) in [6.45, 7) is 1.95. The van der Waals surface area contributed by atoms with Crippen LogP contribution in [0.3, 0.4) is 0 Å². The van der Waals surface area contributed by atoms with Crippen LogP contribution in [0, 0.1) is 17.0 Å². The highest BCUT2D eigenvalue weighted by atomic mass is 19.1. The van der Waals surface area contributed by atoms with Gasteiger partial charge in [-0.1, -0.05) is 0 Å². The number of carboxylic acids is 1. The number of carbonyl (C=O) groups is 2. The van der Waals surface area contributed by atoms with E-state index in [4.69, 9.17) is 0 Å². The van der Waals surface area contributed by atoms with Gasteiger partial charge in [0, 0.05) is 38.0 Å². The molecule has 1 aromatic carbocycles. The number of carbonyl (C=O) groups excluding carboxylic acids is 1. The second-order valence-electron chi connectivity index (χ2n) is 6.53. The van der Waals surface area contributed by atoms with Crippen LogP contribution in [-0.2, 0) is 11.8 Å². The zero-order chi connectivity index (χ0) is 18.4. The molecule has 0 radical (unpaired) electrons. The molecule has 0 spiro atoms. The minimum atomic E-state index is -1.00. The fourth-order valence-electron chi connectivity index (χ4n) is 3.00. The minimum Gasteiger partial charge on any atom is -0.481 e. The van der Waals surface area contributed by atoms with Crippen LogP contribution in [-0.4, -0.2) is 44.8 Å². The smallest absolute Gasteiger partial charge is 0.311 e. The first-order valence-corrected chi connectivity index (χ1v) is 7.73. The van der Waals surface area contributed by atoms with Gasteiger partial charge < -0.3 is 10.0 Å². The van der Waals surface area contributed by atoms with Crippen LogP contribution in [0.5, 0.6) is 0 Å². The molecule has 1 N–H and O–H groups in total. The molecule has 1 saturated heterocycles. The molecule has 8 heteroatoms. The van der Waals surface area contributed by atoms with E-state index in [0.717, 1.165) is 12.1 Å². The van der Waals surface area contributed by atoms with Crippen molar-refractivity contribution in [2.24, 2.45) is 12.5 Å². The zero-order valence-electron chi connectivity index (χ0n) is 13.8. The number of benzene rings is 1. The largest absolute Gasteiger partial charge is 0.481 e. The molecule has 25 heavy (non-hydrogen) atoms. The highest BCUT2D eigenvalue weighted by Gasteiger charge is 2.43. The lowest BCUT2D eigenvalue weighted by Gasteiger charge is -2.20. The summed E-state index contributed by atoms with van der Waals surface area (Å²) in [6.07, 6.45) is 1.80. The van der Waals surface area contributed by atoms with Crippen LogP contribution in [0.2, 0.25) is 0 Å². The molecule has 2 heterocycles. The normalized spacial score (nSPS) is 20.1. The van der Waals surface area contributed by atoms with Gasteiger partial charge in [0.05, 0.1) is 11.0 Å². The quantitative estimate of drug-likeness (QED) is 0.923. The number of amides is 1. The molecule has 0 saturated carbocycles. The number of aryl methyl sites for hydroxylation is 1. The van der Waals surface area contributed by atoms with Crippen molar-refractivity contribution in [3.8, 4) is 11.3 Å².